The maximum atomic E-state index is 12.7. The number of anilines is 1. The van der Waals surface area contributed by atoms with E-state index in [1.165, 1.54) is 0 Å². The van der Waals surface area contributed by atoms with E-state index in [2.05, 4.69) is 64.7 Å². The molecule has 2 aliphatic rings. The summed E-state index contributed by atoms with van der Waals surface area (Å²) >= 11 is 3.37. The summed E-state index contributed by atoms with van der Waals surface area (Å²) in [6, 6.07) is 0.321. The summed E-state index contributed by atoms with van der Waals surface area (Å²) in [5, 5.41) is 0.185. The van der Waals surface area contributed by atoms with E-state index in [0.717, 1.165) is 30.1 Å². The van der Waals surface area contributed by atoms with Crippen molar-refractivity contribution < 1.29 is 9.22 Å². The molecule has 0 spiro atoms. The normalized spacial score (nSPS) is 21.0. The molecule has 0 aliphatic carbocycles. The second-order valence-corrected chi connectivity index (χ2v) is 14.6. The van der Waals surface area contributed by atoms with Gasteiger partial charge in [0, 0.05) is 45.1 Å². The smallest absolute Gasteiger partial charge is 0.320 e. The van der Waals surface area contributed by atoms with Crippen LogP contribution in [0.4, 0.5) is 10.7 Å². The minimum absolute atomic E-state index is 0.134. The maximum Gasteiger partial charge on any atom is 0.320 e. The number of fused-ring (bicyclic) bond motifs is 1. The number of aromatic nitrogens is 2. The van der Waals surface area contributed by atoms with Gasteiger partial charge in [0.25, 0.3) is 0 Å². The third kappa shape index (κ3) is 4.46. The molecule has 9 heteroatoms. The molecule has 3 heterocycles. The number of carbonyl (C=O) groups excluding carboxylic acids is 1. The Balaban J connectivity index is 1.55. The van der Waals surface area contributed by atoms with Crippen LogP contribution in [0.2, 0.25) is 18.1 Å². The van der Waals surface area contributed by atoms with Crippen LogP contribution in [0.3, 0.4) is 0 Å². The largest absolute Gasteiger partial charge is 0.415 e. The Morgan fingerprint density at radius 1 is 1.22 bits per heavy atom. The number of amides is 2. The van der Waals surface area contributed by atoms with E-state index in [0.29, 0.717) is 19.7 Å². The van der Waals surface area contributed by atoms with Crippen molar-refractivity contribution in [1.29, 1.82) is 0 Å². The molecule has 0 bridgehead atoms. The van der Waals surface area contributed by atoms with Gasteiger partial charge < -0.3 is 19.1 Å². The average molecular weight is 456 g/mol. The molecule has 2 amide bonds. The van der Waals surface area contributed by atoms with Gasteiger partial charge in [-0.2, -0.15) is 0 Å². The van der Waals surface area contributed by atoms with Gasteiger partial charge >= 0.3 is 6.03 Å². The first-order valence-corrected chi connectivity index (χ1v) is 13.2. The van der Waals surface area contributed by atoms with Gasteiger partial charge in [0.15, 0.2) is 8.32 Å². The van der Waals surface area contributed by atoms with Crippen LogP contribution in [0.5, 0.6) is 0 Å². The lowest BCUT2D eigenvalue weighted by atomic mass is 10.2. The van der Waals surface area contributed by atoms with Crippen LogP contribution in [0, 0.1) is 0 Å². The molecule has 2 saturated heterocycles. The molecule has 27 heavy (non-hydrogen) atoms. The zero-order valence-corrected chi connectivity index (χ0v) is 19.5. The zero-order chi connectivity index (χ0) is 19.8. The minimum Gasteiger partial charge on any atom is -0.415 e. The number of urea groups is 1. The molecule has 7 nitrogen and oxygen atoms in total. The fourth-order valence-corrected chi connectivity index (χ4v) is 4.48. The third-order valence-electron chi connectivity index (χ3n) is 5.95. The van der Waals surface area contributed by atoms with Gasteiger partial charge in [0.2, 0.25) is 5.95 Å². The highest BCUT2D eigenvalue weighted by atomic mass is 79.9. The predicted molar refractivity (Wildman–Crippen MR) is 113 cm³/mol. The van der Waals surface area contributed by atoms with Crippen LogP contribution < -0.4 is 4.90 Å². The van der Waals surface area contributed by atoms with Crippen LogP contribution in [0.1, 0.15) is 20.8 Å². The van der Waals surface area contributed by atoms with Crippen molar-refractivity contribution in [1.82, 2.24) is 19.8 Å². The number of nitrogens with zero attached hydrogens (tertiary/aromatic N) is 5. The molecular formula is C18H30BrN5O2Si. The van der Waals surface area contributed by atoms with Crippen molar-refractivity contribution in [3.05, 3.63) is 16.9 Å². The van der Waals surface area contributed by atoms with Crippen molar-refractivity contribution in [2.45, 2.75) is 44.9 Å². The van der Waals surface area contributed by atoms with Gasteiger partial charge in [-0.3, -0.25) is 0 Å². The Labute approximate surface area is 171 Å². The second-order valence-electron chi connectivity index (χ2n) is 8.83. The number of carbonyl (C=O) groups is 1. The van der Waals surface area contributed by atoms with E-state index in [4.69, 9.17) is 4.43 Å². The standard InChI is InChI=1S/C18H30BrN5O2Si/c1-18(2,3)27(4,5)26-9-8-23-13-15-12-22(6-7-24(15)17(23)25)16-20-10-14(19)11-21-16/h10-11,15H,6-9,12-13H2,1-5H3/t15-/m1/s1. The highest BCUT2D eigenvalue weighted by Crippen LogP contribution is 2.36. The average Bonchev–Trinajstić information content (AvgIpc) is 2.90. The molecule has 1 aromatic rings. The highest BCUT2D eigenvalue weighted by molar-refractivity contribution is 9.10. The molecule has 0 radical (unpaired) electrons. The minimum atomic E-state index is -1.78. The van der Waals surface area contributed by atoms with Gasteiger partial charge in [0.05, 0.1) is 17.1 Å². The third-order valence-corrected chi connectivity index (χ3v) is 10.9. The zero-order valence-electron chi connectivity index (χ0n) is 16.9. The van der Waals surface area contributed by atoms with Crippen molar-refractivity contribution in [2.24, 2.45) is 0 Å². The molecule has 0 aromatic carbocycles. The molecule has 0 saturated carbocycles. The Morgan fingerprint density at radius 2 is 1.89 bits per heavy atom. The first-order chi connectivity index (χ1) is 12.6. The van der Waals surface area contributed by atoms with Gasteiger partial charge in [-0.15, -0.1) is 0 Å². The number of hydrogen-bond acceptors (Lipinski definition) is 5. The van der Waals surface area contributed by atoms with Gasteiger partial charge in [-0.1, -0.05) is 20.8 Å². The van der Waals surface area contributed by atoms with E-state index in [1.54, 1.807) is 12.4 Å². The fourth-order valence-electron chi connectivity index (χ4n) is 3.24. The summed E-state index contributed by atoms with van der Waals surface area (Å²) in [6.45, 7) is 15.5. The van der Waals surface area contributed by atoms with Crippen molar-refractivity contribution in [2.75, 3.05) is 44.2 Å². The summed E-state index contributed by atoms with van der Waals surface area (Å²) < 4.78 is 7.12. The summed E-state index contributed by atoms with van der Waals surface area (Å²) in [6.07, 6.45) is 3.53. The van der Waals surface area contributed by atoms with Crippen LogP contribution in [0.25, 0.3) is 0 Å². The Morgan fingerprint density at radius 3 is 2.52 bits per heavy atom. The van der Waals surface area contributed by atoms with E-state index in [1.807, 2.05) is 9.80 Å². The quantitative estimate of drug-likeness (QED) is 0.637. The van der Waals surface area contributed by atoms with Gasteiger partial charge in [-0.25, -0.2) is 14.8 Å². The summed E-state index contributed by atoms with van der Waals surface area (Å²) in [4.78, 5) is 27.6. The van der Waals surface area contributed by atoms with Crippen LogP contribution in [-0.2, 0) is 4.43 Å². The van der Waals surface area contributed by atoms with E-state index in [-0.39, 0.29) is 17.1 Å². The monoisotopic (exact) mass is 455 g/mol. The van der Waals surface area contributed by atoms with Gasteiger partial charge in [0.1, 0.15) is 0 Å². The highest BCUT2D eigenvalue weighted by Gasteiger charge is 2.42. The van der Waals surface area contributed by atoms with E-state index >= 15 is 0 Å². The lowest BCUT2D eigenvalue weighted by molar-refractivity contribution is 0.174. The number of halogens is 1. The van der Waals surface area contributed by atoms with Crippen LogP contribution >= 0.6 is 15.9 Å². The fraction of sp³-hybridized carbons (Fsp3) is 0.722. The number of piperazine rings is 1. The molecular weight excluding hydrogens is 426 g/mol. The molecule has 2 fully saturated rings. The Bertz CT molecular complexity index is 679. The molecule has 0 N–H and O–H groups in total. The lowest BCUT2D eigenvalue weighted by Crippen LogP contribution is -2.52. The van der Waals surface area contributed by atoms with Crippen molar-refractivity contribution in [3.63, 3.8) is 0 Å². The molecule has 1 atom stereocenters. The second kappa shape index (κ2) is 7.67. The maximum absolute atomic E-state index is 12.7. The molecule has 0 unspecified atom stereocenters. The van der Waals surface area contributed by atoms with Gasteiger partial charge in [-0.05, 0) is 34.1 Å². The van der Waals surface area contributed by atoms with E-state index in [9.17, 15) is 4.79 Å². The molecule has 2 aliphatic heterocycles. The Hall–Kier alpha value is -1.19. The summed E-state index contributed by atoms with van der Waals surface area (Å²) in [5.74, 6) is 0.727. The number of rotatable bonds is 5. The first-order valence-electron chi connectivity index (χ1n) is 9.50. The topological polar surface area (TPSA) is 61.8 Å². The number of hydrogen-bond donors (Lipinski definition) is 0. The molecule has 3 rings (SSSR count). The molecule has 150 valence electrons. The van der Waals surface area contributed by atoms with Crippen LogP contribution in [0.15, 0.2) is 16.9 Å². The molecule has 1 aromatic heterocycles. The lowest BCUT2D eigenvalue weighted by Gasteiger charge is -2.36. The van der Waals surface area contributed by atoms with Crippen molar-refractivity contribution in [3.8, 4) is 0 Å². The predicted octanol–water partition coefficient (Wildman–Crippen LogP) is 3.19. The van der Waals surface area contributed by atoms with Crippen LogP contribution in [-0.4, -0.2) is 79.5 Å². The Kier molecular flexibility index (Phi) is 5.84. The summed E-state index contributed by atoms with van der Waals surface area (Å²) in [5.41, 5.74) is 0. The first kappa shape index (κ1) is 20.5. The SMILES string of the molecule is CC(C)(C)[Si](C)(C)OCCN1C[C@H]2CN(c3ncc(Br)cn3)CCN2C1=O. The van der Waals surface area contributed by atoms with E-state index < -0.39 is 8.32 Å². The summed E-state index contributed by atoms with van der Waals surface area (Å²) in [7, 11) is -1.78. The van der Waals surface area contributed by atoms with Crippen molar-refractivity contribution >= 4 is 36.2 Å².